The van der Waals surface area contributed by atoms with E-state index in [1.165, 1.54) is 12.1 Å². The minimum absolute atomic E-state index is 0.0630. The summed E-state index contributed by atoms with van der Waals surface area (Å²) in [5.41, 5.74) is 2.05. The molecule has 158 valence electrons. The second kappa shape index (κ2) is 8.70. The van der Waals surface area contributed by atoms with Gasteiger partial charge < -0.3 is 0 Å². The second-order valence-electron chi connectivity index (χ2n) is 7.88. The molecule has 1 heterocycles. The topological polar surface area (TPSA) is 20.1 Å². The van der Waals surface area contributed by atoms with Gasteiger partial charge >= 0.3 is 0 Å². The molecule has 2 nitrogen and oxygen atoms in total. The monoisotopic (exact) mass is 439 g/mol. The fraction of sp³-hybridized carbons (Fsp3) is 0.0714. The van der Waals surface area contributed by atoms with Crippen LogP contribution in [0.25, 0.3) is 6.08 Å². The van der Waals surface area contributed by atoms with Gasteiger partial charge in [-0.3, -0.25) is 4.57 Å². The molecule has 5 rings (SSSR count). The van der Waals surface area contributed by atoms with Crippen LogP contribution in [-0.2, 0) is 4.57 Å². The largest absolute Gasteiger partial charge is 0.296 e. The Morgan fingerprint density at radius 1 is 0.688 bits per heavy atom. The summed E-state index contributed by atoms with van der Waals surface area (Å²) < 4.78 is 30.6. The Labute approximate surface area is 188 Å². The van der Waals surface area contributed by atoms with E-state index in [0.29, 0.717) is 0 Å². The Kier molecular flexibility index (Phi) is 5.61. The third-order valence-corrected chi connectivity index (χ3v) is 9.02. The van der Waals surface area contributed by atoms with Gasteiger partial charge in [-0.05, 0) is 47.5 Å². The molecule has 4 aromatic carbocycles. The zero-order chi connectivity index (χ0) is 22.0. The fourth-order valence-corrected chi connectivity index (χ4v) is 7.38. The molecule has 3 atom stereocenters. The van der Waals surface area contributed by atoms with Crippen LogP contribution in [0.5, 0.6) is 0 Å². The van der Waals surface area contributed by atoms with Crippen molar-refractivity contribution in [2.75, 3.05) is 0 Å². The molecule has 0 aromatic heterocycles. The molecule has 32 heavy (non-hydrogen) atoms. The lowest BCUT2D eigenvalue weighted by Gasteiger charge is -2.22. The van der Waals surface area contributed by atoms with Crippen molar-refractivity contribution in [2.24, 2.45) is 0 Å². The van der Waals surface area contributed by atoms with Crippen molar-refractivity contribution >= 4 is 24.0 Å². The molecule has 0 radical (unpaired) electrons. The quantitative estimate of drug-likeness (QED) is 0.264. The summed E-state index contributed by atoms with van der Waals surface area (Å²) in [5, 5.41) is 1.60. The molecule has 0 bridgehead atoms. The van der Waals surface area contributed by atoms with Crippen LogP contribution in [0, 0.1) is 5.82 Å². The molecular weight excluding hydrogens is 416 g/mol. The Bertz CT molecular complexity index is 1210. The first kappa shape index (κ1) is 20.6. The number of halogens is 1. The summed E-state index contributed by atoms with van der Waals surface area (Å²) in [6, 6.07) is 35.8. The zero-order valence-electron chi connectivity index (χ0n) is 17.5. The molecule has 0 aliphatic carbocycles. The number of hydrogen-bond donors (Lipinski definition) is 0. The maximum atomic E-state index is 14.9. The van der Waals surface area contributed by atoms with Crippen LogP contribution in [0.4, 0.5) is 4.39 Å². The van der Waals surface area contributed by atoms with Crippen molar-refractivity contribution in [1.82, 2.24) is 4.67 Å². The van der Waals surface area contributed by atoms with E-state index in [4.69, 9.17) is 0 Å². The molecule has 0 spiro atoms. The van der Waals surface area contributed by atoms with Crippen LogP contribution in [0.3, 0.4) is 0 Å². The van der Waals surface area contributed by atoms with Gasteiger partial charge in [0.25, 0.3) is 0 Å². The molecule has 1 fully saturated rings. The van der Waals surface area contributed by atoms with Crippen molar-refractivity contribution in [3.8, 4) is 0 Å². The first-order chi connectivity index (χ1) is 15.7. The maximum absolute atomic E-state index is 14.9. The highest BCUT2D eigenvalue weighted by Crippen LogP contribution is 2.64. The van der Waals surface area contributed by atoms with Crippen LogP contribution in [-0.4, -0.2) is 10.7 Å². The average molecular weight is 439 g/mol. The number of hydrogen-bond acceptors (Lipinski definition) is 1. The normalized spacial score (nSPS) is 20.3. The number of rotatable bonds is 6. The van der Waals surface area contributed by atoms with Gasteiger partial charge in [0.2, 0.25) is 7.29 Å². The molecule has 0 amide bonds. The summed E-state index contributed by atoms with van der Waals surface area (Å²) >= 11 is 0. The predicted octanol–water partition coefficient (Wildman–Crippen LogP) is 6.19. The Balaban J connectivity index is 1.61. The predicted molar refractivity (Wildman–Crippen MR) is 130 cm³/mol. The van der Waals surface area contributed by atoms with Gasteiger partial charge in [-0.15, -0.1) is 0 Å². The van der Waals surface area contributed by atoms with Crippen LogP contribution >= 0.6 is 7.29 Å². The highest BCUT2D eigenvalue weighted by Gasteiger charge is 2.57. The van der Waals surface area contributed by atoms with Crippen LogP contribution < -0.4 is 10.6 Å². The van der Waals surface area contributed by atoms with Gasteiger partial charge in [-0.2, -0.15) is 0 Å². The summed E-state index contributed by atoms with van der Waals surface area (Å²) in [6.07, 6.45) is 4.18. The molecule has 4 heteroatoms. The van der Waals surface area contributed by atoms with E-state index in [0.717, 1.165) is 21.7 Å². The van der Waals surface area contributed by atoms with Crippen LogP contribution in [0.2, 0.25) is 0 Å². The average Bonchev–Trinajstić information content (AvgIpc) is 3.59. The van der Waals surface area contributed by atoms with E-state index in [2.05, 4.69) is 16.8 Å². The van der Waals surface area contributed by atoms with Crippen molar-refractivity contribution in [3.63, 3.8) is 0 Å². The van der Waals surface area contributed by atoms with Crippen molar-refractivity contribution < 1.29 is 8.96 Å². The SMILES string of the molecule is O=P(c1ccccc1)(c1ccccc1)N1[C@H](/C=C/c2ccccc2)[C@H]1c1ccc(F)cc1. The second-order valence-corrected chi connectivity index (χ2v) is 10.5. The molecule has 1 saturated heterocycles. The van der Waals surface area contributed by atoms with E-state index < -0.39 is 7.29 Å². The minimum atomic E-state index is -3.11. The van der Waals surface area contributed by atoms with Gasteiger partial charge in [0.05, 0.1) is 12.1 Å². The molecule has 4 aromatic rings. The van der Waals surface area contributed by atoms with Gasteiger partial charge in [-0.1, -0.05) is 91.0 Å². The molecule has 1 aliphatic heterocycles. The van der Waals surface area contributed by atoms with Gasteiger partial charge in [0.15, 0.2) is 0 Å². The Hall–Kier alpha value is -3.26. The minimum Gasteiger partial charge on any atom is -0.296 e. The summed E-state index contributed by atoms with van der Waals surface area (Å²) in [4.78, 5) is 0. The smallest absolute Gasteiger partial charge is 0.208 e. The first-order valence-electron chi connectivity index (χ1n) is 10.7. The highest BCUT2D eigenvalue weighted by molar-refractivity contribution is 7.76. The summed E-state index contributed by atoms with van der Waals surface area (Å²) in [7, 11) is -3.11. The van der Waals surface area contributed by atoms with E-state index in [-0.39, 0.29) is 17.9 Å². The third-order valence-electron chi connectivity index (χ3n) is 5.86. The van der Waals surface area contributed by atoms with Crippen LogP contribution in [0.1, 0.15) is 17.2 Å². The van der Waals surface area contributed by atoms with Crippen molar-refractivity contribution in [1.29, 1.82) is 0 Å². The fourth-order valence-electron chi connectivity index (χ4n) is 4.25. The molecule has 1 aliphatic rings. The van der Waals surface area contributed by atoms with Crippen LogP contribution in [0.15, 0.2) is 121 Å². The van der Waals surface area contributed by atoms with Gasteiger partial charge in [-0.25, -0.2) is 9.06 Å². The Morgan fingerprint density at radius 2 is 1.19 bits per heavy atom. The molecule has 1 unspecified atom stereocenters. The van der Waals surface area contributed by atoms with Crippen molar-refractivity contribution in [2.45, 2.75) is 12.1 Å². The lowest BCUT2D eigenvalue weighted by atomic mass is 10.1. The zero-order valence-corrected chi connectivity index (χ0v) is 18.4. The highest BCUT2D eigenvalue weighted by atomic mass is 31.2. The third kappa shape index (κ3) is 3.86. The molecule has 0 N–H and O–H groups in total. The molecular formula is C28H23FNOP. The molecule has 0 saturated carbocycles. The maximum Gasteiger partial charge on any atom is 0.208 e. The van der Waals surface area contributed by atoms with E-state index in [9.17, 15) is 8.96 Å². The standard InChI is InChI=1S/C28H23FNOP/c29-24-19-17-23(18-20-24)28-27(21-16-22-10-4-1-5-11-22)30(28)32(31,25-12-6-2-7-13-25)26-14-8-3-9-15-26/h1-21,27-28H/b21-16+/t27-,28-,30?/m1/s1. The van der Waals surface area contributed by atoms with Gasteiger partial charge in [0.1, 0.15) is 5.82 Å². The van der Waals surface area contributed by atoms with Gasteiger partial charge in [0, 0.05) is 10.6 Å². The summed E-state index contributed by atoms with van der Waals surface area (Å²) in [6.45, 7) is 0. The Morgan fingerprint density at radius 3 is 1.72 bits per heavy atom. The number of benzene rings is 4. The lowest BCUT2D eigenvalue weighted by molar-refractivity contribution is 0.557. The number of nitrogens with zero attached hydrogens (tertiary/aromatic N) is 1. The summed E-state index contributed by atoms with van der Waals surface area (Å²) in [5.74, 6) is -0.272. The van der Waals surface area contributed by atoms with E-state index >= 15 is 0 Å². The lowest BCUT2D eigenvalue weighted by Crippen LogP contribution is -2.22. The first-order valence-corrected chi connectivity index (χ1v) is 12.3. The van der Waals surface area contributed by atoms with E-state index in [1.807, 2.05) is 91.0 Å². The van der Waals surface area contributed by atoms with Crippen molar-refractivity contribution in [3.05, 3.63) is 138 Å². The van der Waals surface area contributed by atoms with E-state index in [1.54, 1.807) is 12.1 Å².